The van der Waals surface area contributed by atoms with E-state index in [-0.39, 0.29) is 0 Å². The van der Waals surface area contributed by atoms with Crippen LogP contribution in [-0.4, -0.2) is 9.55 Å². The molecule has 2 aromatic rings. The summed E-state index contributed by atoms with van der Waals surface area (Å²) < 4.78 is 1.92. The molecule has 0 saturated heterocycles. The second-order valence-electron chi connectivity index (χ2n) is 2.94. The van der Waals surface area contributed by atoms with E-state index in [1.165, 1.54) is 0 Å². The molecule has 0 fully saturated rings. The molecule has 1 aromatic carbocycles. The van der Waals surface area contributed by atoms with Crippen molar-refractivity contribution in [2.24, 2.45) is 5.73 Å². The highest BCUT2D eigenvalue weighted by Crippen LogP contribution is 2.16. The Kier molecular flexibility index (Phi) is 2.52. The third-order valence-corrected chi connectivity index (χ3v) is 2.25. The highest BCUT2D eigenvalue weighted by molar-refractivity contribution is 6.30. The lowest BCUT2D eigenvalue weighted by atomic mass is 10.3. The minimum absolute atomic E-state index is 0.465. The van der Waals surface area contributed by atoms with Gasteiger partial charge in [0.05, 0.1) is 12.0 Å². The maximum Gasteiger partial charge on any atom is 0.0994 e. The van der Waals surface area contributed by atoms with Crippen LogP contribution in [0.3, 0.4) is 0 Å². The molecule has 0 amide bonds. The summed E-state index contributed by atoms with van der Waals surface area (Å²) >= 11 is 5.89. The lowest BCUT2D eigenvalue weighted by Crippen LogP contribution is -2.04. The number of nitrogens with two attached hydrogens (primary N) is 1. The third-order valence-electron chi connectivity index (χ3n) is 2.01. The van der Waals surface area contributed by atoms with Gasteiger partial charge in [0.15, 0.2) is 0 Å². The summed E-state index contributed by atoms with van der Waals surface area (Å²) in [6.45, 7) is 0.465. The summed E-state index contributed by atoms with van der Waals surface area (Å²) in [5.74, 6) is 0. The molecule has 0 radical (unpaired) electrons. The highest BCUT2D eigenvalue weighted by atomic mass is 35.5. The molecule has 72 valence electrons. The number of nitrogens with zero attached hydrogens (tertiary/aromatic N) is 2. The predicted molar refractivity (Wildman–Crippen MR) is 56.5 cm³/mol. The van der Waals surface area contributed by atoms with E-state index in [4.69, 9.17) is 17.3 Å². The van der Waals surface area contributed by atoms with Gasteiger partial charge in [0.2, 0.25) is 0 Å². The van der Waals surface area contributed by atoms with Gasteiger partial charge in [-0.3, -0.25) is 0 Å². The molecule has 1 aromatic heterocycles. The van der Waals surface area contributed by atoms with Gasteiger partial charge in [0, 0.05) is 23.5 Å². The molecule has 0 bridgehead atoms. The molecular formula is C10H10ClN3. The fraction of sp³-hybridized carbons (Fsp3) is 0.100. The number of rotatable bonds is 2. The van der Waals surface area contributed by atoms with Gasteiger partial charge in [-0.15, -0.1) is 0 Å². The van der Waals surface area contributed by atoms with E-state index in [1.807, 2.05) is 28.8 Å². The van der Waals surface area contributed by atoms with E-state index < -0.39 is 0 Å². The van der Waals surface area contributed by atoms with E-state index in [2.05, 4.69) is 4.98 Å². The summed E-state index contributed by atoms with van der Waals surface area (Å²) in [5.41, 5.74) is 7.52. The lowest BCUT2D eigenvalue weighted by Gasteiger charge is -2.06. The average molecular weight is 208 g/mol. The molecule has 0 saturated carbocycles. The normalized spacial score (nSPS) is 10.4. The zero-order valence-corrected chi connectivity index (χ0v) is 8.28. The van der Waals surface area contributed by atoms with Crippen LogP contribution in [-0.2, 0) is 6.54 Å². The summed E-state index contributed by atoms with van der Waals surface area (Å²) in [7, 11) is 0. The second-order valence-corrected chi connectivity index (χ2v) is 3.38. The van der Waals surface area contributed by atoms with Gasteiger partial charge in [0.1, 0.15) is 0 Å². The zero-order chi connectivity index (χ0) is 9.97. The minimum atomic E-state index is 0.465. The highest BCUT2D eigenvalue weighted by Gasteiger charge is 2.02. The number of imidazole rings is 1. The molecule has 0 unspecified atom stereocenters. The van der Waals surface area contributed by atoms with Crippen molar-refractivity contribution < 1.29 is 0 Å². The SMILES string of the molecule is NCc1cncn1-c1cccc(Cl)c1. The van der Waals surface area contributed by atoms with E-state index in [9.17, 15) is 0 Å². The Hall–Kier alpha value is -1.32. The first-order valence-corrected chi connectivity index (χ1v) is 4.66. The van der Waals surface area contributed by atoms with Gasteiger partial charge in [-0.2, -0.15) is 0 Å². The molecule has 14 heavy (non-hydrogen) atoms. The largest absolute Gasteiger partial charge is 0.325 e. The first-order valence-electron chi connectivity index (χ1n) is 4.28. The molecule has 1 heterocycles. The Morgan fingerprint density at radius 2 is 2.29 bits per heavy atom. The van der Waals surface area contributed by atoms with Crippen molar-refractivity contribution >= 4 is 11.6 Å². The molecule has 4 heteroatoms. The number of hydrogen-bond donors (Lipinski definition) is 1. The number of halogens is 1. The number of aromatic nitrogens is 2. The summed E-state index contributed by atoms with van der Waals surface area (Å²) in [6.07, 6.45) is 3.48. The number of hydrogen-bond acceptors (Lipinski definition) is 2. The Morgan fingerprint density at radius 1 is 1.43 bits per heavy atom. The van der Waals surface area contributed by atoms with Gasteiger partial charge in [0.25, 0.3) is 0 Å². The van der Waals surface area contributed by atoms with Crippen LogP contribution in [0.2, 0.25) is 5.02 Å². The first kappa shape index (κ1) is 9.24. The van der Waals surface area contributed by atoms with E-state index in [1.54, 1.807) is 12.5 Å². The van der Waals surface area contributed by atoms with Crippen LogP contribution in [0.25, 0.3) is 5.69 Å². The predicted octanol–water partition coefficient (Wildman–Crippen LogP) is 1.98. The van der Waals surface area contributed by atoms with Crippen molar-refractivity contribution in [1.29, 1.82) is 0 Å². The van der Waals surface area contributed by atoms with Crippen molar-refractivity contribution in [2.75, 3.05) is 0 Å². The van der Waals surface area contributed by atoms with Crippen molar-refractivity contribution in [1.82, 2.24) is 9.55 Å². The van der Waals surface area contributed by atoms with Gasteiger partial charge in [-0.1, -0.05) is 17.7 Å². The van der Waals surface area contributed by atoms with Gasteiger partial charge >= 0.3 is 0 Å². The van der Waals surface area contributed by atoms with Crippen LogP contribution in [0.5, 0.6) is 0 Å². The van der Waals surface area contributed by atoms with Crippen LogP contribution in [0.15, 0.2) is 36.8 Å². The van der Waals surface area contributed by atoms with Crippen LogP contribution in [0.1, 0.15) is 5.69 Å². The molecule has 0 aliphatic heterocycles. The molecule has 2 rings (SSSR count). The maximum absolute atomic E-state index is 5.89. The van der Waals surface area contributed by atoms with E-state index in [0.29, 0.717) is 11.6 Å². The quantitative estimate of drug-likeness (QED) is 0.819. The molecule has 0 spiro atoms. The van der Waals surface area contributed by atoms with Crippen LogP contribution >= 0.6 is 11.6 Å². The Morgan fingerprint density at radius 3 is 3.00 bits per heavy atom. The van der Waals surface area contributed by atoms with Crippen LogP contribution in [0.4, 0.5) is 0 Å². The maximum atomic E-state index is 5.89. The smallest absolute Gasteiger partial charge is 0.0994 e. The Labute approximate surface area is 87.1 Å². The van der Waals surface area contributed by atoms with Crippen molar-refractivity contribution in [3.8, 4) is 5.69 Å². The topological polar surface area (TPSA) is 43.8 Å². The summed E-state index contributed by atoms with van der Waals surface area (Å²) in [5, 5.41) is 0.708. The molecular weight excluding hydrogens is 198 g/mol. The van der Waals surface area contributed by atoms with Gasteiger partial charge < -0.3 is 10.3 Å². The van der Waals surface area contributed by atoms with Gasteiger partial charge in [-0.05, 0) is 18.2 Å². The molecule has 3 nitrogen and oxygen atoms in total. The zero-order valence-electron chi connectivity index (χ0n) is 7.52. The molecule has 0 aliphatic rings. The first-order chi connectivity index (χ1) is 6.81. The molecule has 2 N–H and O–H groups in total. The van der Waals surface area contributed by atoms with E-state index >= 15 is 0 Å². The van der Waals surface area contributed by atoms with Crippen molar-refractivity contribution in [3.05, 3.63) is 47.5 Å². The van der Waals surface area contributed by atoms with Gasteiger partial charge in [-0.25, -0.2) is 4.98 Å². The minimum Gasteiger partial charge on any atom is -0.325 e. The molecule has 0 atom stereocenters. The van der Waals surface area contributed by atoms with Crippen molar-refractivity contribution in [2.45, 2.75) is 6.54 Å². The average Bonchev–Trinajstić information content (AvgIpc) is 2.65. The Balaban J connectivity index is 2.49. The molecule has 0 aliphatic carbocycles. The van der Waals surface area contributed by atoms with Crippen LogP contribution < -0.4 is 5.73 Å². The van der Waals surface area contributed by atoms with Crippen LogP contribution in [0, 0.1) is 0 Å². The van der Waals surface area contributed by atoms with Crippen molar-refractivity contribution in [3.63, 3.8) is 0 Å². The second kappa shape index (κ2) is 3.82. The summed E-state index contributed by atoms with van der Waals surface area (Å²) in [4.78, 5) is 4.04. The summed E-state index contributed by atoms with van der Waals surface area (Å²) in [6, 6.07) is 7.58. The van der Waals surface area contributed by atoms with E-state index in [0.717, 1.165) is 11.4 Å². The number of benzene rings is 1. The lowest BCUT2D eigenvalue weighted by molar-refractivity contribution is 0.910. The standard InChI is InChI=1S/C10H10ClN3/c11-8-2-1-3-9(4-8)14-7-13-6-10(14)5-12/h1-4,6-7H,5,12H2. The third kappa shape index (κ3) is 1.64. The monoisotopic (exact) mass is 207 g/mol. The fourth-order valence-electron chi connectivity index (χ4n) is 1.33. The Bertz CT molecular complexity index is 436. The fourth-order valence-corrected chi connectivity index (χ4v) is 1.52.